The monoisotopic (exact) mass is 291 g/mol. The first-order valence-electron chi connectivity index (χ1n) is 4.91. The molecule has 1 rings (SSSR count). The molecule has 8 heteroatoms. The van der Waals surface area contributed by atoms with Gasteiger partial charge in [0.15, 0.2) is 6.29 Å². The van der Waals surface area contributed by atoms with Crippen molar-refractivity contribution in [3.63, 3.8) is 0 Å². The number of aldehydes is 1. The van der Waals surface area contributed by atoms with Crippen LogP contribution in [0.1, 0.15) is 31.1 Å². The molecular formula is C10H11Cl2N3O3. The molecular weight excluding hydrogens is 281 g/mol. The van der Waals surface area contributed by atoms with Crippen LogP contribution in [-0.4, -0.2) is 27.9 Å². The quantitative estimate of drug-likeness (QED) is 0.669. The number of nitrogens with one attached hydrogen (secondary N) is 1. The summed E-state index contributed by atoms with van der Waals surface area (Å²) >= 11 is 11.4. The molecule has 1 N–H and O–H groups in total. The summed E-state index contributed by atoms with van der Waals surface area (Å²) in [6.07, 6.45) is -0.310. The molecule has 0 bridgehead atoms. The Bertz CT molecular complexity index is 463. The molecule has 0 fully saturated rings. The Morgan fingerprint density at radius 2 is 1.78 bits per heavy atom. The number of hydrogen-bond donors (Lipinski definition) is 1. The van der Waals surface area contributed by atoms with Gasteiger partial charge in [0.2, 0.25) is 5.95 Å². The van der Waals surface area contributed by atoms with E-state index in [1.54, 1.807) is 20.8 Å². The number of aromatic nitrogens is 2. The number of anilines is 1. The topological polar surface area (TPSA) is 81.2 Å². The maximum absolute atomic E-state index is 11.4. The molecule has 0 saturated carbocycles. The van der Waals surface area contributed by atoms with Crippen LogP contribution in [0.3, 0.4) is 0 Å². The molecule has 0 aromatic carbocycles. The first-order valence-corrected chi connectivity index (χ1v) is 5.67. The van der Waals surface area contributed by atoms with Gasteiger partial charge in [-0.05, 0) is 20.8 Å². The van der Waals surface area contributed by atoms with Crippen LogP contribution in [0.2, 0.25) is 10.3 Å². The van der Waals surface area contributed by atoms with Gasteiger partial charge in [-0.3, -0.25) is 10.1 Å². The minimum Gasteiger partial charge on any atom is -0.444 e. The zero-order valence-electron chi connectivity index (χ0n) is 9.95. The van der Waals surface area contributed by atoms with Crippen LogP contribution in [0, 0.1) is 0 Å². The van der Waals surface area contributed by atoms with E-state index in [-0.39, 0.29) is 21.8 Å². The van der Waals surface area contributed by atoms with E-state index < -0.39 is 11.7 Å². The lowest BCUT2D eigenvalue weighted by atomic mass is 10.2. The van der Waals surface area contributed by atoms with Gasteiger partial charge in [0, 0.05) is 0 Å². The van der Waals surface area contributed by atoms with Gasteiger partial charge < -0.3 is 4.74 Å². The normalized spacial score (nSPS) is 10.9. The molecule has 0 aliphatic carbocycles. The number of amides is 1. The molecule has 0 spiro atoms. The highest BCUT2D eigenvalue weighted by Gasteiger charge is 2.18. The Morgan fingerprint density at radius 1 is 1.28 bits per heavy atom. The maximum Gasteiger partial charge on any atom is 0.414 e. The number of rotatable bonds is 2. The standard InChI is InChI=1S/C10H11Cl2N3O3/c1-10(2,3)18-9(17)15-8-13-6(11)5(4-16)7(12)14-8/h4H,1-3H3,(H,13,14,15,17). The van der Waals surface area contributed by atoms with Gasteiger partial charge in [-0.2, -0.15) is 9.97 Å². The van der Waals surface area contributed by atoms with Gasteiger partial charge in [0.25, 0.3) is 0 Å². The van der Waals surface area contributed by atoms with Crippen LogP contribution in [0.5, 0.6) is 0 Å². The number of halogens is 2. The zero-order valence-corrected chi connectivity index (χ0v) is 11.5. The second kappa shape index (κ2) is 5.49. The first kappa shape index (κ1) is 14.7. The Labute approximate surface area is 114 Å². The highest BCUT2D eigenvalue weighted by atomic mass is 35.5. The number of ether oxygens (including phenoxy) is 1. The lowest BCUT2D eigenvalue weighted by Gasteiger charge is -2.19. The third-order valence-corrected chi connectivity index (χ3v) is 2.16. The molecule has 6 nitrogen and oxygen atoms in total. The van der Waals surface area contributed by atoms with Gasteiger partial charge in [-0.1, -0.05) is 23.2 Å². The number of carbonyl (C=O) groups excluding carboxylic acids is 2. The van der Waals surface area contributed by atoms with E-state index in [2.05, 4.69) is 15.3 Å². The third kappa shape index (κ3) is 4.12. The Morgan fingerprint density at radius 3 is 2.17 bits per heavy atom. The molecule has 98 valence electrons. The largest absolute Gasteiger partial charge is 0.444 e. The number of carbonyl (C=O) groups is 2. The summed E-state index contributed by atoms with van der Waals surface area (Å²) in [5.41, 5.74) is -0.687. The van der Waals surface area contributed by atoms with Crippen LogP contribution < -0.4 is 5.32 Å². The van der Waals surface area contributed by atoms with Crippen molar-refractivity contribution in [2.24, 2.45) is 0 Å². The lowest BCUT2D eigenvalue weighted by molar-refractivity contribution is 0.0634. The van der Waals surface area contributed by atoms with Crippen molar-refractivity contribution >= 4 is 41.5 Å². The van der Waals surface area contributed by atoms with E-state index in [0.717, 1.165) is 0 Å². The summed E-state index contributed by atoms with van der Waals surface area (Å²) in [7, 11) is 0. The van der Waals surface area contributed by atoms with Crippen LogP contribution in [0.25, 0.3) is 0 Å². The second-order valence-electron chi connectivity index (χ2n) is 4.29. The Balaban J connectivity index is 2.87. The van der Waals surface area contributed by atoms with Crippen molar-refractivity contribution in [3.8, 4) is 0 Å². The van der Waals surface area contributed by atoms with E-state index in [9.17, 15) is 9.59 Å². The smallest absolute Gasteiger partial charge is 0.414 e. The number of nitrogens with zero attached hydrogens (tertiary/aromatic N) is 2. The molecule has 0 saturated heterocycles. The Hall–Kier alpha value is -1.40. The second-order valence-corrected chi connectivity index (χ2v) is 5.00. The van der Waals surface area contributed by atoms with Crippen LogP contribution in [0.4, 0.5) is 10.7 Å². The highest BCUT2D eigenvalue weighted by Crippen LogP contribution is 2.21. The summed E-state index contributed by atoms with van der Waals surface area (Å²) in [6.45, 7) is 5.13. The van der Waals surface area contributed by atoms with E-state index in [0.29, 0.717) is 6.29 Å². The predicted molar refractivity (Wildman–Crippen MR) is 67.3 cm³/mol. The molecule has 0 atom stereocenters. The minimum absolute atomic E-state index is 0.0342. The van der Waals surface area contributed by atoms with Crippen LogP contribution >= 0.6 is 23.2 Å². The average Bonchev–Trinajstić information content (AvgIpc) is 2.13. The van der Waals surface area contributed by atoms with E-state index >= 15 is 0 Å². The molecule has 1 heterocycles. The zero-order chi connectivity index (χ0) is 13.9. The molecule has 1 aromatic heterocycles. The van der Waals surface area contributed by atoms with Crippen molar-refractivity contribution in [1.82, 2.24) is 9.97 Å². The van der Waals surface area contributed by atoms with E-state index in [1.165, 1.54) is 0 Å². The van der Waals surface area contributed by atoms with Crippen LogP contribution in [0.15, 0.2) is 0 Å². The van der Waals surface area contributed by atoms with Gasteiger partial charge in [0.05, 0.1) is 5.56 Å². The maximum atomic E-state index is 11.4. The molecule has 0 aliphatic rings. The molecule has 1 amide bonds. The lowest BCUT2D eigenvalue weighted by Crippen LogP contribution is -2.27. The molecule has 0 radical (unpaired) electrons. The SMILES string of the molecule is CC(C)(C)OC(=O)Nc1nc(Cl)c(C=O)c(Cl)n1. The molecule has 1 aromatic rings. The van der Waals surface area contributed by atoms with Gasteiger partial charge in [-0.15, -0.1) is 0 Å². The Kier molecular flexibility index (Phi) is 4.48. The van der Waals surface area contributed by atoms with Crippen molar-refractivity contribution in [2.45, 2.75) is 26.4 Å². The molecule has 0 aliphatic heterocycles. The molecule has 0 unspecified atom stereocenters. The van der Waals surface area contributed by atoms with Gasteiger partial charge in [0.1, 0.15) is 15.9 Å². The summed E-state index contributed by atoms with van der Waals surface area (Å²) in [5.74, 6) is -0.134. The summed E-state index contributed by atoms with van der Waals surface area (Å²) in [5, 5.41) is 1.98. The van der Waals surface area contributed by atoms with Crippen molar-refractivity contribution in [2.75, 3.05) is 5.32 Å². The van der Waals surface area contributed by atoms with Gasteiger partial charge in [-0.25, -0.2) is 4.79 Å². The summed E-state index contributed by atoms with van der Waals surface area (Å²) in [6, 6.07) is 0. The molecule has 18 heavy (non-hydrogen) atoms. The van der Waals surface area contributed by atoms with Crippen molar-refractivity contribution < 1.29 is 14.3 Å². The summed E-state index contributed by atoms with van der Waals surface area (Å²) < 4.78 is 4.99. The van der Waals surface area contributed by atoms with Gasteiger partial charge >= 0.3 is 6.09 Å². The first-order chi connectivity index (χ1) is 8.23. The fourth-order valence-electron chi connectivity index (χ4n) is 0.965. The fourth-order valence-corrected chi connectivity index (χ4v) is 1.44. The van der Waals surface area contributed by atoms with E-state index in [4.69, 9.17) is 27.9 Å². The van der Waals surface area contributed by atoms with E-state index in [1.807, 2.05) is 0 Å². The van der Waals surface area contributed by atoms with Crippen molar-refractivity contribution in [3.05, 3.63) is 15.9 Å². The third-order valence-electron chi connectivity index (χ3n) is 1.58. The van der Waals surface area contributed by atoms with Crippen molar-refractivity contribution in [1.29, 1.82) is 0 Å². The fraction of sp³-hybridized carbons (Fsp3) is 0.400. The summed E-state index contributed by atoms with van der Waals surface area (Å²) in [4.78, 5) is 29.4. The average molecular weight is 292 g/mol. The predicted octanol–water partition coefficient (Wildman–Crippen LogP) is 2.94. The minimum atomic E-state index is -0.742. The highest BCUT2D eigenvalue weighted by molar-refractivity contribution is 6.37. The number of hydrogen-bond acceptors (Lipinski definition) is 5. The van der Waals surface area contributed by atoms with Crippen LogP contribution in [-0.2, 0) is 4.74 Å².